The minimum absolute atomic E-state index is 0. The molecule has 66 valence electrons. The van der Waals surface area contributed by atoms with Crippen molar-refractivity contribution in [3.8, 4) is 0 Å². The third-order valence-corrected chi connectivity index (χ3v) is 2.45. The fourth-order valence-electron chi connectivity index (χ4n) is 0.927. The summed E-state index contributed by atoms with van der Waals surface area (Å²) < 4.78 is 0. The van der Waals surface area contributed by atoms with Crippen molar-refractivity contribution in [1.29, 1.82) is 0 Å². The van der Waals surface area contributed by atoms with Gasteiger partial charge in [0.25, 0.3) is 0 Å². The maximum atomic E-state index is 5.86. The van der Waals surface area contributed by atoms with Crippen LogP contribution in [0.3, 0.4) is 0 Å². The molecule has 0 aliphatic heterocycles. The van der Waals surface area contributed by atoms with E-state index < -0.39 is 0 Å². The van der Waals surface area contributed by atoms with Gasteiger partial charge in [-0.05, 0) is 25.7 Å². The second kappa shape index (κ2) is 6.11. The first-order chi connectivity index (χ1) is 4.80. The van der Waals surface area contributed by atoms with Gasteiger partial charge in [0, 0.05) is 26.6 Å². The normalized spacial score (nSPS) is 18.7. The summed E-state index contributed by atoms with van der Waals surface area (Å²) in [6, 6.07) is 0. The Balaban J connectivity index is 0.000001000. The van der Waals surface area contributed by atoms with Gasteiger partial charge in [0.05, 0.1) is 0 Å². The molecular weight excluding hydrogens is 226 g/mol. The van der Waals surface area contributed by atoms with Crippen LogP contribution in [0.25, 0.3) is 0 Å². The van der Waals surface area contributed by atoms with E-state index in [9.17, 15) is 0 Å². The van der Waals surface area contributed by atoms with Crippen LogP contribution in [0, 0.1) is 0 Å². The number of halogens is 2. The largest absolute Gasteiger partial charge is 0.0882 e. The van der Waals surface area contributed by atoms with Gasteiger partial charge >= 0.3 is 0 Å². The van der Waals surface area contributed by atoms with Crippen molar-refractivity contribution in [3.05, 3.63) is 22.2 Å². The van der Waals surface area contributed by atoms with Crippen LogP contribution in [0.1, 0.15) is 25.7 Å². The maximum Gasteiger partial charge on any atom is 0.0329 e. The van der Waals surface area contributed by atoms with Crippen molar-refractivity contribution in [2.24, 2.45) is 0 Å². The summed E-state index contributed by atoms with van der Waals surface area (Å²) in [5.74, 6) is 0. The fraction of sp³-hybridized carbons (Fsp3) is 0.500. The smallest absolute Gasteiger partial charge is 0.0329 e. The van der Waals surface area contributed by atoms with Gasteiger partial charge in [0.1, 0.15) is 0 Å². The molecule has 0 aromatic carbocycles. The van der Waals surface area contributed by atoms with Crippen molar-refractivity contribution in [2.45, 2.75) is 25.7 Å². The van der Waals surface area contributed by atoms with Crippen LogP contribution in [-0.2, 0) is 16.5 Å². The summed E-state index contributed by atoms with van der Waals surface area (Å²) in [5, 5.41) is 1.68. The van der Waals surface area contributed by atoms with E-state index in [4.69, 9.17) is 23.2 Å². The van der Waals surface area contributed by atoms with E-state index in [1.165, 1.54) is 0 Å². The molecule has 0 fully saturated rings. The van der Waals surface area contributed by atoms with Crippen LogP contribution in [-0.4, -0.2) is 0 Å². The molecule has 3 heteroatoms. The number of rotatable bonds is 0. The molecule has 0 saturated heterocycles. The van der Waals surface area contributed by atoms with E-state index in [0.29, 0.717) is 0 Å². The van der Waals surface area contributed by atoms with Gasteiger partial charge in [-0.15, -0.1) is 0 Å². The molecule has 0 saturated carbocycles. The molecule has 0 atom stereocenters. The maximum absolute atomic E-state index is 5.86. The van der Waals surface area contributed by atoms with Crippen molar-refractivity contribution in [3.63, 3.8) is 0 Å². The molecule has 0 unspecified atom stereocenters. The molecule has 1 rings (SSSR count). The Labute approximate surface area is 87.6 Å². The van der Waals surface area contributed by atoms with Gasteiger partial charge in [-0.3, -0.25) is 0 Å². The van der Waals surface area contributed by atoms with Gasteiger partial charge < -0.3 is 0 Å². The second-order valence-corrected chi connectivity index (χ2v) is 3.27. The minimum Gasteiger partial charge on any atom is -0.0882 e. The molecule has 0 radical (unpaired) electrons. The molecule has 0 nitrogen and oxygen atoms in total. The summed E-state index contributed by atoms with van der Waals surface area (Å²) in [7, 11) is 0. The molecule has 11 heavy (non-hydrogen) atoms. The van der Waals surface area contributed by atoms with Crippen LogP contribution in [0.5, 0.6) is 0 Å². The van der Waals surface area contributed by atoms with Gasteiger partial charge in [0.15, 0.2) is 0 Å². The number of allylic oxidation sites excluding steroid dienone is 4. The Morgan fingerprint density at radius 2 is 1.27 bits per heavy atom. The van der Waals surface area contributed by atoms with Gasteiger partial charge in [-0.1, -0.05) is 35.4 Å². The molecule has 0 spiro atoms. The zero-order valence-corrected chi connectivity index (χ0v) is 8.55. The first-order valence-electron chi connectivity index (χ1n) is 3.48. The van der Waals surface area contributed by atoms with E-state index in [2.05, 4.69) is 12.2 Å². The van der Waals surface area contributed by atoms with Gasteiger partial charge in [0.2, 0.25) is 0 Å². The average Bonchev–Trinajstić information content (AvgIpc) is 1.92. The van der Waals surface area contributed by atoms with Crippen LogP contribution in [0.2, 0.25) is 0 Å². The van der Waals surface area contributed by atoms with E-state index in [1.807, 2.05) is 0 Å². The van der Waals surface area contributed by atoms with Crippen LogP contribution in [0.15, 0.2) is 22.2 Å². The average molecular weight is 236 g/mol. The predicted octanol–water partition coefficient (Wildman–Crippen LogP) is 3.80. The van der Waals surface area contributed by atoms with Gasteiger partial charge in [-0.2, -0.15) is 0 Å². The SMILES string of the molecule is ClC1=C(Cl)CCC=CCC1.[Ni]. The standard InChI is InChI=1S/C8H10Cl2.Ni/c9-7-5-3-1-2-4-6-8(7)10;/h1-2H,3-6H2;. The predicted molar refractivity (Wildman–Crippen MR) is 46.3 cm³/mol. The topological polar surface area (TPSA) is 0 Å². The zero-order valence-electron chi connectivity index (χ0n) is 6.06. The third kappa shape index (κ3) is 4.20. The molecule has 1 aliphatic rings. The molecule has 0 aromatic heterocycles. The van der Waals surface area contributed by atoms with Crippen molar-refractivity contribution in [1.82, 2.24) is 0 Å². The first-order valence-corrected chi connectivity index (χ1v) is 4.24. The van der Waals surface area contributed by atoms with E-state index >= 15 is 0 Å². The Hall–Kier alpha value is 0.554. The first kappa shape index (κ1) is 11.6. The summed E-state index contributed by atoms with van der Waals surface area (Å²) >= 11 is 11.7. The molecule has 0 amide bonds. The molecule has 0 N–H and O–H groups in total. The third-order valence-electron chi connectivity index (χ3n) is 1.52. The van der Waals surface area contributed by atoms with Crippen molar-refractivity contribution < 1.29 is 16.5 Å². The summed E-state index contributed by atoms with van der Waals surface area (Å²) in [5.41, 5.74) is 0. The number of hydrogen-bond donors (Lipinski definition) is 0. The monoisotopic (exact) mass is 234 g/mol. The molecule has 0 bridgehead atoms. The molecule has 1 aliphatic carbocycles. The Kier molecular flexibility index (Phi) is 6.42. The van der Waals surface area contributed by atoms with Crippen LogP contribution in [0.4, 0.5) is 0 Å². The summed E-state index contributed by atoms with van der Waals surface area (Å²) in [4.78, 5) is 0. The quantitative estimate of drug-likeness (QED) is 0.443. The van der Waals surface area contributed by atoms with Crippen LogP contribution < -0.4 is 0 Å². The Morgan fingerprint density at radius 3 is 1.64 bits per heavy atom. The minimum atomic E-state index is 0. The van der Waals surface area contributed by atoms with Gasteiger partial charge in [-0.25, -0.2) is 0 Å². The molecule has 0 aromatic rings. The number of hydrogen-bond acceptors (Lipinski definition) is 0. The molecular formula is C8H10Cl2Ni. The zero-order chi connectivity index (χ0) is 7.40. The Morgan fingerprint density at radius 1 is 0.909 bits per heavy atom. The Bertz CT molecular complexity index is 155. The van der Waals surface area contributed by atoms with Crippen molar-refractivity contribution >= 4 is 23.2 Å². The second-order valence-electron chi connectivity index (χ2n) is 2.36. The van der Waals surface area contributed by atoms with E-state index in [1.54, 1.807) is 0 Å². The van der Waals surface area contributed by atoms with E-state index in [-0.39, 0.29) is 16.5 Å². The summed E-state index contributed by atoms with van der Waals surface area (Å²) in [6.45, 7) is 0. The van der Waals surface area contributed by atoms with Crippen LogP contribution >= 0.6 is 23.2 Å². The van der Waals surface area contributed by atoms with E-state index in [0.717, 1.165) is 35.7 Å². The fourth-order valence-corrected chi connectivity index (χ4v) is 1.33. The molecule has 0 heterocycles. The van der Waals surface area contributed by atoms with Crippen molar-refractivity contribution in [2.75, 3.05) is 0 Å². The summed E-state index contributed by atoms with van der Waals surface area (Å²) in [6.07, 6.45) is 8.16.